The van der Waals surface area contributed by atoms with Crippen molar-refractivity contribution in [3.05, 3.63) is 83.5 Å². The van der Waals surface area contributed by atoms with E-state index in [0.29, 0.717) is 33.4 Å². The van der Waals surface area contributed by atoms with Crippen molar-refractivity contribution in [3.8, 4) is 17.0 Å². The molecule has 0 fully saturated rings. The largest absolute Gasteiger partial charge is 0.486 e. The van der Waals surface area contributed by atoms with E-state index in [9.17, 15) is 4.79 Å². The molecule has 2 aromatic carbocycles. The average Bonchev–Trinajstić information content (AvgIpc) is 3.45. The highest BCUT2D eigenvalue weighted by atomic mass is 35.5. The Morgan fingerprint density at radius 1 is 1.18 bits per heavy atom. The molecule has 4 aromatic rings. The van der Waals surface area contributed by atoms with E-state index < -0.39 is 0 Å². The molecule has 0 spiro atoms. The number of aromatic nitrogens is 4. The van der Waals surface area contributed by atoms with Crippen LogP contribution in [0.2, 0.25) is 5.02 Å². The fourth-order valence-corrected chi connectivity index (χ4v) is 4.51. The SMILES string of the molecule is C=CCn1c(COc2ccc(Cl)cc2)nnc1SCC(=O)Nc1nc(-c2ccccc2)cs1. The van der Waals surface area contributed by atoms with Crippen molar-refractivity contribution in [3.63, 3.8) is 0 Å². The second-order valence-electron chi connectivity index (χ2n) is 6.78. The molecule has 0 aliphatic heterocycles. The van der Waals surface area contributed by atoms with Crippen LogP contribution in [0.5, 0.6) is 5.75 Å². The molecule has 7 nitrogen and oxygen atoms in total. The summed E-state index contributed by atoms with van der Waals surface area (Å²) in [6, 6.07) is 16.9. The van der Waals surface area contributed by atoms with Crippen LogP contribution < -0.4 is 10.1 Å². The van der Waals surface area contributed by atoms with Gasteiger partial charge in [-0.05, 0) is 24.3 Å². The Morgan fingerprint density at radius 2 is 1.97 bits per heavy atom. The number of hydrogen-bond donors (Lipinski definition) is 1. The monoisotopic (exact) mass is 497 g/mol. The number of amides is 1. The highest BCUT2D eigenvalue weighted by Crippen LogP contribution is 2.25. The van der Waals surface area contributed by atoms with E-state index >= 15 is 0 Å². The van der Waals surface area contributed by atoms with E-state index in [2.05, 4.69) is 27.1 Å². The second-order valence-corrected chi connectivity index (χ2v) is 9.02. The van der Waals surface area contributed by atoms with Gasteiger partial charge in [-0.25, -0.2) is 4.98 Å². The molecule has 1 N–H and O–H groups in total. The Balaban J connectivity index is 1.34. The highest BCUT2D eigenvalue weighted by molar-refractivity contribution is 7.99. The van der Waals surface area contributed by atoms with E-state index in [1.54, 1.807) is 30.3 Å². The van der Waals surface area contributed by atoms with E-state index in [1.165, 1.54) is 23.1 Å². The Bertz CT molecular complexity index is 1230. The summed E-state index contributed by atoms with van der Waals surface area (Å²) in [4.78, 5) is 17.0. The lowest BCUT2D eigenvalue weighted by molar-refractivity contribution is -0.113. The molecule has 0 unspecified atom stereocenters. The first-order valence-corrected chi connectivity index (χ1v) is 12.2. The van der Waals surface area contributed by atoms with Gasteiger partial charge in [-0.2, -0.15) is 0 Å². The molecule has 1 amide bonds. The molecular weight excluding hydrogens is 478 g/mol. The predicted molar refractivity (Wildman–Crippen MR) is 133 cm³/mol. The first-order chi connectivity index (χ1) is 16.1. The van der Waals surface area contributed by atoms with Gasteiger partial charge in [-0.1, -0.05) is 59.8 Å². The molecule has 168 valence electrons. The van der Waals surface area contributed by atoms with Crippen LogP contribution in [-0.4, -0.2) is 31.4 Å². The summed E-state index contributed by atoms with van der Waals surface area (Å²) in [5.74, 6) is 1.33. The van der Waals surface area contributed by atoms with Gasteiger partial charge in [-0.3, -0.25) is 9.36 Å². The van der Waals surface area contributed by atoms with Crippen LogP contribution in [0.15, 0.2) is 77.8 Å². The highest BCUT2D eigenvalue weighted by Gasteiger charge is 2.15. The van der Waals surface area contributed by atoms with Crippen molar-refractivity contribution >= 4 is 45.7 Å². The summed E-state index contributed by atoms with van der Waals surface area (Å²) in [5.41, 5.74) is 1.84. The number of carbonyl (C=O) groups is 1. The standard InChI is InChI=1S/C23H20ClN5O2S2/c1-2-12-29-20(13-31-18-10-8-17(24)9-11-18)27-28-23(29)33-15-21(30)26-22-25-19(14-32-22)16-6-4-3-5-7-16/h2-11,14H,1,12-13,15H2,(H,25,26,30). The Kier molecular flexibility index (Phi) is 7.77. The van der Waals surface area contributed by atoms with Gasteiger partial charge in [0.15, 0.2) is 16.1 Å². The fraction of sp³-hybridized carbons (Fsp3) is 0.130. The van der Waals surface area contributed by atoms with Crippen molar-refractivity contribution in [2.45, 2.75) is 18.3 Å². The third-order valence-corrected chi connectivity index (χ3v) is 6.42. The van der Waals surface area contributed by atoms with Crippen molar-refractivity contribution in [1.82, 2.24) is 19.7 Å². The van der Waals surface area contributed by atoms with Gasteiger partial charge in [0.1, 0.15) is 12.4 Å². The summed E-state index contributed by atoms with van der Waals surface area (Å²) in [6.45, 7) is 4.53. The molecule has 2 heterocycles. The molecule has 33 heavy (non-hydrogen) atoms. The molecule has 10 heteroatoms. The summed E-state index contributed by atoms with van der Waals surface area (Å²) in [6.07, 6.45) is 1.75. The molecular formula is C23H20ClN5O2S2. The lowest BCUT2D eigenvalue weighted by atomic mass is 10.2. The number of nitrogens with zero attached hydrogens (tertiary/aromatic N) is 4. The lowest BCUT2D eigenvalue weighted by Crippen LogP contribution is -2.15. The normalized spacial score (nSPS) is 10.7. The number of ether oxygens (including phenoxy) is 1. The van der Waals surface area contributed by atoms with Crippen LogP contribution in [0.3, 0.4) is 0 Å². The van der Waals surface area contributed by atoms with Gasteiger partial charge in [0.25, 0.3) is 0 Å². The van der Waals surface area contributed by atoms with E-state index in [-0.39, 0.29) is 18.3 Å². The van der Waals surface area contributed by atoms with E-state index in [0.717, 1.165) is 11.3 Å². The van der Waals surface area contributed by atoms with Crippen LogP contribution >= 0.6 is 34.7 Å². The first-order valence-electron chi connectivity index (χ1n) is 9.97. The van der Waals surface area contributed by atoms with Gasteiger partial charge >= 0.3 is 0 Å². The maximum absolute atomic E-state index is 12.5. The van der Waals surface area contributed by atoms with Crippen LogP contribution in [0, 0.1) is 0 Å². The number of thiazole rings is 1. The van der Waals surface area contributed by atoms with Crippen LogP contribution in [0.25, 0.3) is 11.3 Å². The third kappa shape index (κ3) is 6.22. The summed E-state index contributed by atoms with van der Waals surface area (Å²) >= 11 is 8.59. The van der Waals surface area contributed by atoms with Crippen LogP contribution in [0.4, 0.5) is 5.13 Å². The maximum Gasteiger partial charge on any atom is 0.236 e. The molecule has 0 bridgehead atoms. The molecule has 0 saturated heterocycles. The van der Waals surface area contributed by atoms with Crippen LogP contribution in [-0.2, 0) is 17.9 Å². The number of nitrogens with one attached hydrogen (secondary N) is 1. The molecule has 0 saturated carbocycles. The zero-order valence-electron chi connectivity index (χ0n) is 17.5. The summed E-state index contributed by atoms with van der Waals surface area (Å²) < 4.78 is 7.65. The third-order valence-electron chi connectivity index (χ3n) is 4.44. The maximum atomic E-state index is 12.5. The number of thioether (sulfide) groups is 1. The molecule has 0 aliphatic rings. The van der Waals surface area contributed by atoms with Crippen molar-refractivity contribution in [2.24, 2.45) is 0 Å². The van der Waals surface area contributed by atoms with Gasteiger partial charge in [0.05, 0.1) is 11.4 Å². The minimum absolute atomic E-state index is 0.166. The molecule has 0 aliphatic carbocycles. The number of rotatable bonds is 10. The summed E-state index contributed by atoms with van der Waals surface area (Å²) in [7, 11) is 0. The first kappa shape index (κ1) is 23.0. The van der Waals surface area contributed by atoms with Crippen molar-refractivity contribution in [2.75, 3.05) is 11.1 Å². The van der Waals surface area contributed by atoms with Gasteiger partial charge in [0, 0.05) is 22.5 Å². The number of halogens is 1. The topological polar surface area (TPSA) is 81.9 Å². The number of allylic oxidation sites excluding steroid dienone is 1. The Labute approximate surface area is 204 Å². The lowest BCUT2D eigenvalue weighted by Gasteiger charge is -2.09. The molecule has 0 radical (unpaired) electrons. The van der Waals surface area contributed by atoms with Gasteiger partial charge in [-0.15, -0.1) is 28.1 Å². The van der Waals surface area contributed by atoms with Gasteiger partial charge in [0.2, 0.25) is 5.91 Å². The number of anilines is 1. The number of hydrogen-bond acceptors (Lipinski definition) is 7. The van der Waals surface area contributed by atoms with Gasteiger partial charge < -0.3 is 10.1 Å². The molecule has 2 aromatic heterocycles. The minimum Gasteiger partial charge on any atom is -0.486 e. The predicted octanol–water partition coefficient (Wildman–Crippen LogP) is 5.55. The minimum atomic E-state index is -0.166. The van der Waals surface area contributed by atoms with Crippen molar-refractivity contribution in [1.29, 1.82) is 0 Å². The van der Waals surface area contributed by atoms with E-state index in [1.807, 2.05) is 40.3 Å². The Morgan fingerprint density at radius 3 is 2.73 bits per heavy atom. The second kappa shape index (κ2) is 11.1. The number of benzene rings is 2. The fourth-order valence-electron chi connectivity index (χ4n) is 2.88. The zero-order valence-corrected chi connectivity index (χ0v) is 19.9. The Hall–Kier alpha value is -3.14. The zero-order chi connectivity index (χ0) is 23.0. The smallest absolute Gasteiger partial charge is 0.236 e. The summed E-state index contributed by atoms with van der Waals surface area (Å²) in [5, 5.41) is 15.0. The number of carbonyl (C=O) groups excluding carboxylic acids is 1. The quantitative estimate of drug-likeness (QED) is 0.228. The molecule has 4 rings (SSSR count). The van der Waals surface area contributed by atoms with Crippen molar-refractivity contribution < 1.29 is 9.53 Å². The van der Waals surface area contributed by atoms with E-state index in [4.69, 9.17) is 16.3 Å². The van der Waals surface area contributed by atoms with Crippen LogP contribution in [0.1, 0.15) is 5.82 Å². The average molecular weight is 498 g/mol. The molecule has 0 atom stereocenters.